The maximum Gasteiger partial charge on any atom is 0.411 e. The Morgan fingerprint density at radius 3 is 2.74 bits per heavy atom. The lowest BCUT2D eigenvalue weighted by atomic mass is 10.1. The fourth-order valence-corrected chi connectivity index (χ4v) is 2.12. The van der Waals surface area contributed by atoms with E-state index in [9.17, 15) is 18.0 Å². The number of hydrogen-bond acceptors (Lipinski definition) is 2. The van der Waals surface area contributed by atoms with Crippen LogP contribution in [0.25, 0.3) is 0 Å². The van der Waals surface area contributed by atoms with E-state index in [0.717, 1.165) is 5.56 Å². The molecule has 0 aliphatic carbocycles. The van der Waals surface area contributed by atoms with Crippen LogP contribution in [-0.2, 0) is 4.74 Å². The van der Waals surface area contributed by atoms with E-state index in [1.165, 1.54) is 0 Å². The predicted octanol–water partition coefficient (Wildman–Crippen LogP) is 4.06. The fraction of sp³-hybridized carbons (Fsp3) is 0.533. The van der Waals surface area contributed by atoms with Gasteiger partial charge in [0.1, 0.15) is 6.61 Å². The molecule has 0 saturated heterocycles. The number of urea groups is 1. The zero-order valence-corrected chi connectivity index (χ0v) is 13.5. The lowest BCUT2D eigenvalue weighted by molar-refractivity contribution is -0.173. The molecule has 0 aliphatic heterocycles. The van der Waals surface area contributed by atoms with Crippen molar-refractivity contribution in [3.05, 3.63) is 34.9 Å². The Labute approximate surface area is 138 Å². The molecule has 0 radical (unpaired) electrons. The molecule has 0 fully saturated rings. The highest BCUT2D eigenvalue weighted by Crippen LogP contribution is 2.20. The third-order valence-corrected chi connectivity index (χ3v) is 3.22. The Hall–Kier alpha value is -1.47. The Kier molecular flexibility index (Phi) is 8.19. The third-order valence-electron chi connectivity index (χ3n) is 2.98. The van der Waals surface area contributed by atoms with Gasteiger partial charge in [-0.25, -0.2) is 4.79 Å². The summed E-state index contributed by atoms with van der Waals surface area (Å²) in [7, 11) is 0. The topological polar surface area (TPSA) is 50.4 Å². The van der Waals surface area contributed by atoms with Crippen molar-refractivity contribution in [1.29, 1.82) is 0 Å². The van der Waals surface area contributed by atoms with Crippen LogP contribution in [0.3, 0.4) is 0 Å². The van der Waals surface area contributed by atoms with Crippen LogP contribution in [0.15, 0.2) is 24.3 Å². The van der Waals surface area contributed by atoms with Gasteiger partial charge in [-0.2, -0.15) is 13.2 Å². The summed E-state index contributed by atoms with van der Waals surface area (Å²) < 4.78 is 40.0. The molecule has 0 spiro atoms. The number of benzene rings is 1. The van der Waals surface area contributed by atoms with E-state index in [2.05, 4.69) is 15.4 Å². The van der Waals surface area contributed by atoms with E-state index in [1.54, 1.807) is 18.2 Å². The van der Waals surface area contributed by atoms with Gasteiger partial charge in [-0.15, -0.1) is 0 Å². The van der Waals surface area contributed by atoms with Crippen molar-refractivity contribution >= 4 is 17.6 Å². The van der Waals surface area contributed by atoms with Crippen LogP contribution < -0.4 is 10.6 Å². The van der Waals surface area contributed by atoms with Crippen molar-refractivity contribution in [3.63, 3.8) is 0 Å². The van der Waals surface area contributed by atoms with E-state index >= 15 is 0 Å². The van der Waals surface area contributed by atoms with Crippen LogP contribution in [0, 0.1) is 0 Å². The lowest BCUT2D eigenvalue weighted by Crippen LogP contribution is -2.38. The van der Waals surface area contributed by atoms with Crippen LogP contribution in [0.1, 0.15) is 31.4 Å². The quantitative estimate of drug-likeness (QED) is 0.693. The largest absolute Gasteiger partial charge is 0.411 e. The summed E-state index contributed by atoms with van der Waals surface area (Å²) in [5, 5.41) is 5.97. The first-order valence-corrected chi connectivity index (χ1v) is 7.64. The first-order valence-electron chi connectivity index (χ1n) is 7.26. The van der Waals surface area contributed by atoms with Gasteiger partial charge in [0.2, 0.25) is 0 Å². The number of halogens is 4. The molecule has 0 aromatic heterocycles. The Bertz CT molecular complexity index is 498. The summed E-state index contributed by atoms with van der Waals surface area (Å²) in [6.07, 6.45) is -3.34. The summed E-state index contributed by atoms with van der Waals surface area (Å²) in [6.45, 7) is 0.823. The zero-order chi connectivity index (χ0) is 17.3. The predicted molar refractivity (Wildman–Crippen MR) is 82.5 cm³/mol. The minimum absolute atomic E-state index is 0.0642. The maximum atomic E-state index is 11.9. The molecule has 1 unspecified atom stereocenters. The third kappa shape index (κ3) is 8.66. The highest BCUT2D eigenvalue weighted by molar-refractivity contribution is 6.30. The van der Waals surface area contributed by atoms with Crippen molar-refractivity contribution < 1.29 is 22.7 Å². The van der Waals surface area contributed by atoms with E-state index in [0.29, 0.717) is 17.9 Å². The van der Waals surface area contributed by atoms with Gasteiger partial charge in [-0.1, -0.05) is 30.7 Å². The molecular weight excluding hydrogens is 333 g/mol. The highest BCUT2D eigenvalue weighted by Gasteiger charge is 2.27. The van der Waals surface area contributed by atoms with Crippen molar-refractivity contribution in [3.8, 4) is 0 Å². The molecule has 23 heavy (non-hydrogen) atoms. The molecule has 8 heteroatoms. The normalized spacial score (nSPS) is 12.7. The second kappa shape index (κ2) is 9.62. The average molecular weight is 353 g/mol. The minimum Gasteiger partial charge on any atom is -0.372 e. The maximum absolute atomic E-state index is 11.9. The monoisotopic (exact) mass is 352 g/mol. The van der Waals surface area contributed by atoms with Crippen molar-refractivity contribution in [2.75, 3.05) is 19.8 Å². The summed E-state index contributed by atoms with van der Waals surface area (Å²) in [5.74, 6) is 0. The molecule has 1 aromatic carbocycles. The van der Waals surface area contributed by atoms with Gasteiger partial charge in [0.25, 0.3) is 0 Å². The molecule has 1 rings (SSSR count). The summed E-state index contributed by atoms with van der Waals surface area (Å²) in [6, 6.07) is 6.63. The van der Waals surface area contributed by atoms with Crippen molar-refractivity contribution in [1.82, 2.24) is 10.6 Å². The van der Waals surface area contributed by atoms with Crippen molar-refractivity contribution in [2.45, 2.75) is 32.0 Å². The fourth-order valence-electron chi connectivity index (χ4n) is 1.92. The van der Waals surface area contributed by atoms with Gasteiger partial charge in [0.15, 0.2) is 0 Å². The molecule has 0 bridgehead atoms. The first kappa shape index (κ1) is 19.6. The van der Waals surface area contributed by atoms with Gasteiger partial charge in [0.05, 0.1) is 6.04 Å². The van der Waals surface area contributed by atoms with E-state index in [-0.39, 0.29) is 25.2 Å². The SMILES string of the molecule is CCC(NC(=O)NCCCOCC(F)(F)F)c1cccc(Cl)c1. The van der Waals surface area contributed by atoms with Crippen LogP contribution >= 0.6 is 11.6 Å². The molecule has 4 nitrogen and oxygen atoms in total. The van der Waals surface area contributed by atoms with E-state index < -0.39 is 12.8 Å². The van der Waals surface area contributed by atoms with Crippen LogP contribution in [-0.4, -0.2) is 32.0 Å². The van der Waals surface area contributed by atoms with Crippen molar-refractivity contribution in [2.24, 2.45) is 0 Å². The number of carbonyl (C=O) groups excluding carboxylic acids is 1. The summed E-state index contributed by atoms with van der Waals surface area (Å²) in [5.41, 5.74) is 0.892. The highest BCUT2D eigenvalue weighted by atomic mass is 35.5. The minimum atomic E-state index is -4.32. The zero-order valence-electron chi connectivity index (χ0n) is 12.8. The van der Waals surface area contributed by atoms with E-state index in [1.807, 2.05) is 13.0 Å². The number of nitrogens with one attached hydrogen (secondary N) is 2. The van der Waals surface area contributed by atoms with Crippen LogP contribution in [0.4, 0.5) is 18.0 Å². The number of rotatable bonds is 8. The number of amides is 2. The first-order chi connectivity index (χ1) is 10.8. The molecule has 0 aliphatic rings. The number of carbonyl (C=O) groups is 1. The summed E-state index contributed by atoms with van der Waals surface area (Å²) in [4.78, 5) is 11.8. The lowest BCUT2D eigenvalue weighted by Gasteiger charge is -2.18. The molecule has 130 valence electrons. The van der Waals surface area contributed by atoms with E-state index in [4.69, 9.17) is 11.6 Å². The second-order valence-electron chi connectivity index (χ2n) is 4.94. The molecule has 0 saturated carbocycles. The molecular formula is C15H20ClF3N2O2. The Morgan fingerprint density at radius 2 is 2.13 bits per heavy atom. The smallest absolute Gasteiger partial charge is 0.372 e. The number of alkyl halides is 3. The van der Waals surface area contributed by atoms with Gasteiger partial charge in [-0.05, 0) is 30.5 Å². The number of hydrogen-bond donors (Lipinski definition) is 2. The Morgan fingerprint density at radius 1 is 1.39 bits per heavy atom. The standard InChI is InChI=1S/C15H20ClF3N2O2/c1-2-13(11-5-3-6-12(16)9-11)21-14(22)20-7-4-8-23-10-15(17,18)19/h3,5-6,9,13H,2,4,7-8,10H2,1H3,(H2,20,21,22). The Balaban J connectivity index is 2.27. The molecule has 1 atom stereocenters. The molecule has 0 heterocycles. The molecule has 1 aromatic rings. The average Bonchev–Trinajstić information content (AvgIpc) is 2.47. The summed E-state index contributed by atoms with van der Waals surface area (Å²) >= 11 is 5.92. The molecule has 2 amide bonds. The second-order valence-corrected chi connectivity index (χ2v) is 5.37. The van der Waals surface area contributed by atoms with Gasteiger partial charge < -0.3 is 15.4 Å². The molecule has 2 N–H and O–H groups in total. The van der Waals surface area contributed by atoms with Crippen LogP contribution in [0.5, 0.6) is 0 Å². The van der Waals surface area contributed by atoms with Gasteiger partial charge >= 0.3 is 12.2 Å². The van der Waals surface area contributed by atoms with Gasteiger partial charge in [-0.3, -0.25) is 0 Å². The number of ether oxygens (including phenoxy) is 1. The van der Waals surface area contributed by atoms with Crippen LogP contribution in [0.2, 0.25) is 5.02 Å². The van der Waals surface area contributed by atoms with Gasteiger partial charge in [0, 0.05) is 18.2 Å².